The van der Waals surface area contributed by atoms with E-state index >= 15 is 0 Å². The SMILES string of the molecule is CC#CC(NCC(=N)F)NC(=O)OCCCC. The number of hydrogen-bond donors (Lipinski definition) is 3. The van der Waals surface area contributed by atoms with E-state index in [2.05, 4.69) is 22.5 Å². The number of unbranched alkanes of at least 4 members (excludes halogenated alkanes) is 1. The molecule has 0 heterocycles. The Morgan fingerprint density at radius 2 is 2.29 bits per heavy atom. The van der Waals surface area contributed by atoms with Gasteiger partial charge in [0.05, 0.1) is 13.2 Å². The van der Waals surface area contributed by atoms with Crippen molar-refractivity contribution in [1.29, 1.82) is 5.41 Å². The molecule has 1 atom stereocenters. The first-order valence-electron chi connectivity index (χ1n) is 5.42. The molecule has 0 aliphatic heterocycles. The molecule has 3 N–H and O–H groups in total. The monoisotopic (exact) mass is 243 g/mol. The summed E-state index contributed by atoms with van der Waals surface area (Å²) in [5.41, 5.74) is 0. The number of rotatable bonds is 7. The van der Waals surface area contributed by atoms with Gasteiger partial charge >= 0.3 is 6.09 Å². The summed E-state index contributed by atoms with van der Waals surface area (Å²) in [6.07, 6.45) is 0.400. The number of alkyl carbamates (subject to hydrolysis) is 1. The minimum absolute atomic E-state index is 0.283. The van der Waals surface area contributed by atoms with E-state index in [1.54, 1.807) is 6.92 Å². The molecule has 0 saturated heterocycles. The molecular weight excluding hydrogens is 225 g/mol. The third-order valence-electron chi connectivity index (χ3n) is 1.74. The van der Waals surface area contributed by atoms with E-state index in [0.717, 1.165) is 12.8 Å². The lowest BCUT2D eigenvalue weighted by Crippen LogP contribution is -2.46. The first kappa shape index (κ1) is 15.4. The normalized spacial score (nSPS) is 11.0. The van der Waals surface area contributed by atoms with Gasteiger partial charge in [-0.05, 0) is 13.3 Å². The van der Waals surface area contributed by atoms with E-state index in [-0.39, 0.29) is 6.54 Å². The fourth-order valence-electron chi connectivity index (χ4n) is 0.943. The Balaban J connectivity index is 4.00. The van der Waals surface area contributed by atoms with Crippen LogP contribution in [0.25, 0.3) is 0 Å². The molecule has 0 rings (SSSR count). The smallest absolute Gasteiger partial charge is 0.409 e. The van der Waals surface area contributed by atoms with Crippen LogP contribution in [-0.2, 0) is 4.74 Å². The van der Waals surface area contributed by atoms with Crippen molar-refractivity contribution in [2.45, 2.75) is 32.9 Å². The third-order valence-corrected chi connectivity index (χ3v) is 1.74. The fraction of sp³-hybridized carbons (Fsp3) is 0.636. The van der Waals surface area contributed by atoms with E-state index in [4.69, 9.17) is 10.1 Å². The zero-order chi connectivity index (χ0) is 13.1. The van der Waals surface area contributed by atoms with Crippen molar-refractivity contribution in [3.63, 3.8) is 0 Å². The van der Waals surface area contributed by atoms with Crippen LogP contribution in [0.5, 0.6) is 0 Å². The molecule has 0 aliphatic rings. The number of amides is 1. The number of ether oxygens (including phenoxy) is 1. The average Bonchev–Trinajstić information content (AvgIpc) is 2.26. The van der Waals surface area contributed by atoms with Gasteiger partial charge in [0.25, 0.3) is 0 Å². The topological polar surface area (TPSA) is 74.2 Å². The van der Waals surface area contributed by atoms with E-state index < -0.39 is 18.2 Å². The van der Waals surface area contributed by atoms with Crippen molar-refractivity contribution in [2.24, 2.45) is 0 Å². The summed E-state index contributed by atoms with van der Waals surface area (Å²) in [6.45, 7) is 3.64. The molecular formula is C11H18FN3O2. The van der Waals surface area contributed by atoms with Gasteiger partial charge in [0.2, 0.25) is 0 Å². The fourth-order valence-corrected chi connectivity index (χ4v) is 0.943. The Morgan fingerprint density at radius 1 is 1.59 bits per heavy atom. The molecule has 0 radical (unpaired) electrons. The first-order valence-corrected chi connectivity index (χ1v) is 5.42. The number of halogens is 1. The Labute approximate surface area is 101 Å². The van der Waals surface area contributed by atoms with Crippen molar-refractivity contribution < 1.29 is 13.9 Å². The molecule has 0 aliphatic carbocycles. The number of carbonyl (C=O) groups is 1. The molecule has 6 heteroatoms. The van der Waals surface area contributed by atoms with Gasteiger partial charge in [-0.3, -0.25) is 16.0 Å². The van der Waals surface area contributed by atoms with Crippen molar-refractivity contribution in [3.8, 4) is 11.8 Å². The van der Waals surface area contributed by atoms with Gasteiger partial charge in [-0.15, -0.1) is 5.92 Å². The van der Waals surface area contributed by atoms with E-state index in [1.165, 1.54) is 0 Å². The summed E-state index contributed by atoms with van der Waals surface area (Å²) in [5.74, 6) is 4.19. The second kappa shape index (κ2) is 9.60. The second-order valence-electron chi connectivity index (χ2n) is 3.25. The largest absolute Gasteiger partial charge is 0.450 e. The van der Waals surface area contributed by atoms with Crippen LogP contribution in [0, 0.1) is 17.3 Å². The van der Waals surface area contributed by atoms with Crippen LogP contribution in [0.4, 0.5) is 9.18 Å². The van der Waals surface area contributed by atoms with E-state index in [0.29, 0.717) is 6.61 Å². The predicted molar refractivity (Wildman–Crippen MR) is 63.5 cm³/mol. The molecule has 0 aromatic rings. The van der Waals surface area contributed by atoms with Gasteiger partial charge in [-0.1, -0.05) is 19.3 Å². The highest BCUT2D eigenvalue weighted by atomic mass is 19.1. The summed E-state index contributed by atoms with van der Waals surface area (Å²) >= 11 is 0. The first-order chi connectivity index (χ1) is 8.10. The summed E-state index contributed by atoms with van der Waals surface area (Å²) in [5, 5.41) is 11.6. The summed E-state index contributed by atoms with van der Waals surface area (Å²) < 4.78 is 17.1. The molecule has 5 nitrogen and oxygen atoms in total. The van der Waals surface area contributed by atoms with E-state index in [1.807, 2.05) is 6.92 Å². The maximum Gasteiger partial charge on any atom is 0.409 e. The molecule has 17 heavy (non-hydrogen) atoms. The number of carbonyl (C=O) groups excluding carboxylic acids is 1. The van der Waals surface area contributed by atoms with Crippen LogP contribution >= 0.6 is 0 Å². The molecule has 0 aromatic carbocycles. The molecule has 0 aromatic heterocycles. The van der Waals surface area contributed by atoms with Gasteiger partial charge in [-0.2, -0.15) is 4.39 Å². The second-order valence-corrected chi connectivity index (χ2v) is 3.25. The van der Waals surface area contributed by atoms with Gasteiger partial charge in [0, 0.05) is 0 Å². The van der Waals surface area contributed by atoms with E-state index in [9.17, 15) is 9.18 Å². The molecule has 0 saturated carbocycles. The van der Waals surface area contributed by atoms with Gasteiger partial charge in [0.15, 0.2) is 5.97 Å². The highest BCUT2D eigenvalue weighted by Crippen LogP contribution is 1.89. The average molecular weight is 243 g/mol. The summed E-state index contributed by atoms with van der Waals surface area (Å²) in [6, 6.07) is 0. The lowest BCUT2D eigenvalue weighted by molar-refractivity contribution is 0.141. The maximum absolute atomic E-state index is 12.2. The molecule has 1 unspecified atom stereocenters. The lowest BCUT2D eigenvalue weighted by atomic mass is 10.4. The van der Waals surface area contributed by atoms with Crippen LogP contribution in [0.15, 0.2) is 0 Å². The molecule has 96 valence electrons. The van der Waals surface area contributed by atoms with Crippen LogP contribution in [0.1, 0.15) is 26.7 Å². The molecule has 0 bridgehead atoms. The van der Waals surface area contributed by atoms with Gasteiger partial charge < -0.3 is 4.74 Å². The van der Waals surface area contributed by atoms with Crippen LogP contribution in [-0.4, -0.2) is 31.4 Å². The van der Waals surface area contributed by atoms with Gasteiger partial charge in [-0.25, -0.2) is 4.79 Å². The zero-order valence-electron chi connectivity index (χ0n) is 10.1. The van der Waals surface area contributed by atoms with Crippen molar-refractivity contribution in [2.75, 3.05) is 13.2 Å². The lowest BCUT2D eigenvalue weighted by Gasteiger charge is -2.13. The minimum Gasteiger partial charge on any atom is -0.450 e. The highest BCUT2D eigenvalue weighted by Gasteiger charge is 2.10. The third kappa shape index (κ3) is 9.33. The Hall–Kier alpha value is -1.61. The number of hydrogen-bond acceptors (Lipinski definition) is 4. The van der Waals surface area contributed by atoms with Crippen molar-refractivity contribution >= 4 is 12.1 Å². The minimum atomic E-state index is -1.02. The van der Waals surface area contributed by atoms with Crippen LogP contribution in [0.2, 0.25) is 0 Å². The molecule has 0 fully saturated rings. The summed E-state index contributed by atoms with van der Waals surface area (Å²) in [4.78, 5) is 11.3. The number of nitrogens with one attached hydrogen (secondary N) is 3. The Morgan fingerprint density at radius 3 is 2.82 bits per heavy atom. The van der Waals surface area contributed by atoms with Crippen LogP contribution < -0.4 is 10.6 Å². The Bertz CT molecular complexity index is 310. The molecule has 0 spiro atoms. The Kier molecular flexibility index (Phi) is 8.69. The van der Waals surface area contributed by atoms with Gasteiger partial charge in [0.1, 0.15) is 6.17 Å². The maximum atomic E-state index is 12.2. The predicted octanol–water partition coefficient (Wildman–Crippen LogP) is 1.40. The van der Waals surface area contributed by atoms with Crippen molar-refractivity contribution in [3.05, 3.63) is 0 Å². The quantitative estimate of drug-likeness (QED) is 0.274. The highest BCUT2D eigenvalue weighted by molar-refractivity contribution is 5.73. The molecule has 1 amide bonds. The van der Waals surface area contributed by atoms with Crippen molar-refractivity contribution in [1.82, 2.24) is 10.6 Å². The standard InChI is InChI=1S/C11H18FN3O2/c1-3-5-7-17-11(16)15-10(6-4-2)14-8-9(12)13/h10,13-14H,3,5,7-8H2,1-2H3,(H,15,16). The summed E-state index contributed by atoms with van der Waals surface area (Å²) in [7, 11) is 0. The zero-order valence-corrected chi connectivity index (χ0v) is 10.1. The van der Waals surface area contributed by atoms with Crippen LogP contribution in [0.3, 0.4) is 0 Å².